The maximum Gasteiger partial charge on any atom is 0.268 e. The van der Waals surface area contributed by atoms with Crippen molar-refractivity contribution in [2.45, 2.75) is 25.3 Å². The fourth-order valence-electron chi connectivity index (χ4n) is 3.58. The minimum Gasteiger partial charge on any atom is -0.491 e. The fraction of sp³-hybridized carbons (Fsp3) is 0.263. The summed E-state index contributed by atoms with van der Waals surface area (Å²) in [6, 6.07) is 6.92. The summed E-state index contributed by atoms with van der Waals surface area (Å²) in [5.41, 5.74) is 2.96. The van der Waals surface area contributed by atoms with Crippen LogP contribution in [-0.4, -0.2) is 23.0 Å². The molecule has 3 N–H and O–H groups in total. The second kappa shape index (κ2) is 6.53. The number of aromatic nitrogens is 2. The van der Waals surface area contributed by atoms with Crippen molar-refractivity contribution in [3.63, 3.8) is 0 Å². The average Bonchev–Trinajstić information content (AvgIpc) is 3.03. The highest BCUT2D eigenvalue weighted by molar-refractivity contribution is 6.35. The van der Waals surface area contributed by atoms with Crippen molar-refractivity contribution >= 4 is 28.4 Å². The standard InChI is InChI=1S/C19H18ClN3O3/c1-26-16-9-21-14(8-15(16)24)19(25)22-13-7-3-5-11-10-4-2-6-12(20)17(10)23-18(11)13/h2,4,6,8-9,13,23H,3,5,7H2,1H3,(H,21,24)(H,22,25). The van der Waals surface area contributed by atoms with Crippen LogP contribution in [0.4, 0.5) is 0 Å². The van der Waals surface area contributed by atoms with Gasteiger partial charge in [0.1, 0.15) is 5.69 Å². The number of benzene rings is 1. The van der Waals surface area contributed by atoms with E-state index in [1.54, 1.807) is 0 Å². The number of pyridine rings is 1. The van der Waals surface area contributed by atoms with Gasteiger partial charge in [-0.1, -0.05) is 23.7 Å². The smallest absolute Gasteiger partial charge is 0.268 e. The highest BCUT2D eigenvalue weighted by atomic mass is 35.5. The van der Waals surface area contributed by atoms with Crippen LogP contribution in [0.25, 0.3) is 10.9 Å². The van der Waals surface area contributed by atoms with Crippen LogP contribution in [0.3, 0.4) is 0 Å². The minimum absolute atomic E-state index is 0.152. The Morgan fingerprint density at radius 2 is 2.23 bits per heavy atom. The van der Waals surface area contributed by atoms with Gasteiger partial charge < -0.3 is 20.0 Å². The summed E-state index contributed by atoms with van der Waals surface area (Å²) in [5.74, 6) is -0.154. The van der Waals surface area contributed by atoms with E-state index in [1.165, 1.54) is 24.9 Å². The van der Waals surface area contributed by atoms with Crippen molar-refractivity contribution in [3.05, 3.63) is 62.7 Å². The van der Waals surface area contributed by atoms with E-state index in [4.69, 9.17) is 16.3 Å². The van der Waals surface area contributed by atoms with Gasteiger partial charge in [0.25, 0.3) is 5.91 Å². The Labute approximate surface area is 154 Å². The number of aryl methyl sites for hydroxylation is 1. The van der Waals surface area contributed by atoms with E-state index >= 15 is 0 Å². The highest BCUT2D eigenvalue weighted by Gasteiger charge is 2.26. The first-order valence-electron chi connectivity index (χ1n) is 8.45. The quantitative estimate of drug-likeness (QED) is 0.660. The normalized spacial score (nSPS) is 16.3. The molecule has 0 saturated carbocycles. The lowest BCUT2D eigenvalue weighted by molar-refractivity contribution is 0.0926. The third-order valence-corrected chi connectivity index (χ3v) is 5.15. The van der Waals surface area contributed by atoms with Crippen molar-refractivity contribution in [2.24, 2.45) is 0 Å². The summed E-state index contributed by atoms with van der Waals surface area (Å²) in [7, 11) is 1.41. The minimum atomic E-state index is -0.335. The molecule has 1 unspecified atom stereocenters. The number of fused-ring (bicyclic) bond motifs is 3. The first-order valence-corrected chi connectivity index (χ1v) is 8.83. The van der Waals surface area contributed by atoms with Crippen LogP contribution in [0.15, 0.2) is 35.3 Å². The van der Waals surface area contributed by atoms with E-state index in [9.17, 15) is 9.59 Å². The summed E-state index contributed by atoms with van der Waals surface area (Å²) in [6.07, 6.45) is 4.13. The zero-order valence-electron chi connectivity index (χ0n) is 14.2. The Bertz CT molecular complexity index is 1050. The monoisotopic (exact) mass is 371 g/mol. The van der Waals surface area contributed by atoms with Crippen LogP contribution < -0.4 is 15.5 Å². The van der Waals surface area contributed by atoms with E-state index in [0.29, 0.717) is 5.02 Å². The number of ether oxygens (including phenoxy) is 1. The summed E-state index contributed by atoms with van der Waals surface area (Å²) >= 11 is 6.30. The third-order valence-electron chi connectivity index (χ3n) is 4.84. The van der Waals surface area contributed by atoms with Crippen molar-refractivity contribution < 1.29 is 9.53 Å². The van der Waals surface area contributed by atoms with Crippen LogP contribution in [0.5, 0.6) is 5.75 Å². The zero-order chi connectivity index (χ0) is 18.3. The zero-order valence-corrected chi connectivity index (χ0v) is 14.9. The molecule has 0 bridgehead atoms. The van der Waals surface area contributed by atoms with Gasteiger partial charge in [-0.15, -0.1) is 0 Å². The molecular weight excluding hydrogens is 354 g/mol. The molecule has 0 fully saturated rings. The second-order valence-corrected chi connectivity index (χ2v) is 6.78. The first kappa shape index (κ1) is 16.7. The van der Waals surface area contributed by atoms with Gasteiger partial charge in [-0.3, -0.25) is 9.59 Å². The summed E-state index contributed by atoms with van der Waals surface area (Å²) in [5, 5.41) is 4.78. The highest BCUT2D eigenvalue weighted by Crippen LogP contribution is 2.37. The van der Waals surface area contributed by atoms with Gasteiger partial charge >= 0.3 is 0 Å². The Kier molecular flexibility index (Phi) is 4.20. The number of rotatable bonds is 3. The number of hydrogen-bond donors (Lipinski definition) is 3. The topological polar surface area (TPSA) is 87.0 Å². The number of hydrogen-bond acceptors (Lipinski definition) is 3. The number of carbonyl (C=O) groups is 1. The second-order valence-electron chi connectivity index (χ2n) is 6.38. The molecule has 7 heteroatoms. The van der Waals surface area contributed by atoms with Gasteiger partial charge in [0.2, 0.25) is 5.43 Å². The van der Waals surface area contributed by atoms with E-state index in [-0.39, 0.29) is 28.8 Å². The number of aromatic amines is 2. The number of carbonyl (C=O) groups excluding carboxylic acids is 1. The van der Waals surface area contributed by atoms with Crippen molar-refractivity contribution in [1.29, 1.82) is 0 Å². The van der Waals surface area contributed by atoms with Gasteiger partial charge in [0.05, 0.1) is 23.7 Å². The number of amides is 1. The molecule has 0 saturated heterocycles. The van der Waals surface area contributed by atoms with Crippen LogP contribution in [0, 0.1) is 0 Å². The summed E-state index contributed by atoms with van der Waals surface area (Å²) in [4.78, 5) is 30.7. The molecule has 6 nitrogen and oxygen atoms in total. The van der Waals surface area contributed by atoms with Crippen LogP contribution in [-0.2, 0) is 6.42 Å². The number of para-hydroxylation sites is 1. The Balaban J connectivity index is 1.65. The van der Waals surface area contributed by atoms with Crippen molar-refractivity contribution in [2.75, 3.05) is 7.11 Å². The maximum atomic E-state index is 12.6. The molecule has 26 heavy (non-hydrogen) atoms. The van der Waals surface area contributed by atoms with Crippen LogP contribution >= 0.6 is 11.6 Å². The molecule has 4 rings (SSSR count). The molecule has 3 aromatic rings. The largest absolute Gasteiger partial charge is 0.491 e. The fourth-order valence-corrected chi connectivity index (χ4v) is 3.80. The van der Waals surface area contributed by atoms with Gasteiger partial charge in [0, 0.05) is 23.3 Å². The number of H-pyrrole nitrogens is 2. The SMILES string of the molecule is COc1c[nH]c(C(=O)NC2CCCc3c2[nH]c2c(Cl)cccc32)cc1=O. The van der Waals surface area contributed by atoms with Gasteiger partial charge in [-0.25, -0.2) is 0 Å². The molecule has 1 aromatic carbocycles. The molecular formula is C19H18ClN3O3. The molecule has 134 valence electrons. The molecule has 0 aliphatic heterocycles. The average molecular weight is 372 g/mol. The van der Waals surface area contributed by atoms with Gasteiger partial charge in [0.15, 0.2) is 5.75 Å². The van der Waals surface area contributed by atoms with Crippen molar-refractivity contribution in [3.8, 4) is 5.75 Å². The molecule has 0 radical (unpaired) electrons. The summed E-state index contributed by atoms with van der Waals surface area (Å²) < 4.78 is 4.93. The Hall–Kier alpha value is -2.73. The van der Waals surface area contributed by atoms with E-state index < -0.39 is 0 Å². The van der Waals surface area contributed by atoms with Crippen LogP contribution in [0.2, 0.25) is 5.02 Å². The molecule has 1 atom stereocenters. The van der Waals surface area contributed by atoms with Gasteiger partial charge in [-0.2, -0.15) is 0 Å². The Morgan fingerprint density at radius 3 is 3.00 bits per heavy atom. The van der Waals surface area contributed by atoms with Gasteiger partial charge in [-0.05, 0) is 30.9 Å². The summed E-state index contributed by atoms with van der Waals surface area (Å²) in [6.45, 7) is 0. The lowest BCUT2D eigenvalue weighted by atomic mass is 9.91. The first-order chi connectivity index (χ1) is 12.6. The van der Waals surface area contributed by atoms with E-state index in [2.05, 4.69) is 15.3 Å². The molecule has 1 aliphatic rings. The molecule has 1 amide bonds. The number of nitrogens with one attached hydrogen (secondary N) is 3. The lowest BCUT2D eigenvalue weighted by Gasteiger charge is -2.23. The van der Waals surface area contributed by atoms with E-state index in [0.717, 1.165) is 35.9 Å². The maximum absolute atomic E-state index is 12.6. The molecule has 2 aromatic heterocycles. The molecule has 2 heterocycles. The predicted octanol–water partition coefficient (Wildman–Crippen LogP) is 3.33. The lowest BCUT2D eigenvalue weighted by Crippen LogP contribution is -2.32. The number of methoxy groups -OCH3 is 1. The van der Waals surface area contributed by atoms with Crippen molar-refractivity contribution in [1.82, 2.24) is 15.3 Å². The molecule has 0 spiro atoms. The van der Waals surface area contributed by atoms with E-state index in [1.807, 2.05) is 18.2 Å². The van der Waals surface area contributed by atoms with Crippen LogP contribution in [0.1, 0.15) is 40.6 Å². The third kappa shape index (κ3) is 2.76. The number of halogens is 1. The molecule has 1 aliphatic carbocycles. The predicted molar refractivity (Wildman–Crippen MR) is 100 cm³/mol. The Morgan fingerprint density at radius 1 is 1.38 bits per heavy atom.